The lowest BCUT2D eigenvalue weighted by Gasteiger charge is -2.35. The minimum absolute atomic E-state index is 0.251. The van der Waals surface area contributed by atoms with Crippen molar-refractivity contribution in [3.8, 4) is 0 Å². The molecule has 0 heterocycles. The number of hydrogen-bond acceptors (Lipinski definition) is 3. The highest BCUT2D eigenvalue weighted by molar-refractivity contribution is 4.86. The Morgan fingerprint density at radius 1 is 1.40 bits per heavy atom. The van der Waals surface area contributed by atoms with Gasteiger partial charge in [-0.1, -0.05) is 6.92 Å². The summed E-state index contributed by atoms with van der Waals surface area (Å²) in [5.74, 6) is 0.766. The van der Waals surface area contributed by atoms with Crippen LogP contribution >= 0.6 is 0 Å². The summed E-state index contributed by atoms with van der Waals surface area (Å²) in [6.45, 7) is 5.50. The van der Waals surface area contributed by atoms with Crippen molar-refractivity contribution in [1.29, 1.82) is 0 Å². The molecule has 0 amide bonds. The number of rotatable bonds is 5. The van der Waals surface area contributed by atoms with Crippen LogP contribution in [0.25, 0.3) is 0 Å². The molecule has 0 aromatic heterocycles. The van der Waals surface area contributed by atoms with Gasteiger partial charge in [-0.3, -0.25) is 0 Å². The molecule has 0 aromatic carbocycles. The van der Waals surface area contributed by atoms with Gasteiger partial charge in [-0.25, -0.2) is 0 Å². The van der Waals surface area contributed by atoms with Gasteiger partial charge in [-0.15, -0.1) is 0 Å². The second-order valence-electron chi connectivity index (χ2n) is 5.22. The fraction of sp³-hybridized carbons (Fsp3) is 1.00. The number of aliphatic hydroxyl groups is 2. The van der Waals surface area contributed by atoms with Gasteiger partial charge in [0, 0.05) is 6.54 Å². The van der Waals surface area contributed by atoms with E-state index in [2.05, 4.69) is 12.2 Å². The molecule has 0 aromatic rings. The second-order valence-corrected chi connectivity index (χ2v) is 5.22. The first kappa shape index (κ1) is 12.9. The van der Waals surface area contributed by atoms with Crippen LogP contribution < -0.4 is 5.32 Å². The molecule has 1 fully saturated rings. The molecule has 1 aliphatic rings. The largest absolute Gasteiger partial charge is 0.393 e. The molecule has 0 spiro atoms. The minimum atomic E-state index is -0.495. The third-order valence-corrected chi connectivity index (χ3v) is 3.40. The first-order valence-corrected chi connectivity index (χ1v) is 6.13. The maximum Gasteiger partial charge on any atom is 0.0771 e. The van der Waals surface area contributed by atoms with E-state index in [9.17, 15) is 5.11 Å². The van der Waals surface area contributed by atoms with Crippen molar-refractivity contribution in [2.45, 2.75) is 57.7 Å². The number of aliphatic hydroxyl groups excluding tert-OH is 1. The lowest BCUT2D eigenvalue weighted by Crippen LogP contribution is -2.43. The molecule has 3 N–H and O–H groups in total. The molecule has 0 aliphatic heterocycles. The van der Waals surface area contributed by atoms with Crippen LogP contribution in [0.4, 0.5) is 0 Å². The van der Waals surface area contributed by atoms with Crippen LogP contribution in [0.1, 0.15) is 46.0 Å². The Morgan fingerprint density at radius 3 is 2.53 bits per heavy atom. The third kappa shape index (κ3) is 4.96. The Hall–Kier alpha value is -0.120. The lowest BCUT2D eigenvalue weighted by atomic mass is 9.79. The van der Waals surface area contributed by atoms with Gasteiger partial charge in [0.1, 0.15) is 0 Å². The Balaban J connectivity index is 2.14. The highest BCUT2D eigenvalue weighted by Gasteiger charge is 2.30. The molecule has 90 valence electrons. The molecule has 0 saturated heterocycles. The Bertz CT molecular complexity index is 174. The van der Waals surface area contributed by atoms with Crippen molar-refractivity contribution >= 4 is 0 Å². The zero-order valence-electron chi connectivity index (χ0n) is 10.00. The quantitative estimate of drug-likeness (QED) is 0.606. The van der Waals surface area contributed by atoms with Crippen LogP contribution in [0.2, 0.25) is 0 Å². The molecule has 0 radical (unpaired) electrons. The van der Waals surface area contributed by atoms with Gasteiger partial charge in [-0.05, 0) is 51.5 Å². The van der Waals surface area contributed by atoms with Crippen LogP contribution in [0, 0.1) is 5.92 Å². The second kappa shape index (κ2) is 5.83. The van der Waals surface area contributed by atoms with E-state index in [1.54, 1.807) is 6.92 Å². The molecular formula is C12H25NO2. The number of hydrogen-bond donors (Lipinski definition) is 3. The average molecular weight is 215 g/mol. The smallest absolute Gasteiger partial charge is 0.0771 e. The summed E-state index contributed by atoms with van der Waals surface area (Å²) in [6.07, 6.45) is 4.60. The molecule has 0 bridgehead atoms. The molecule has 1 atom stereocenters. The summed E-state index contributed by atoms with van der Waals surface area (Å²) in [7, 11) is 0. The summed E-state index contributed by atoms with van der Waals surface area (Å²) >= 11 is 0. The molecule has 1 saturated carbocycles. The lowest BCUT2D eigenvalue weighted by molar-refractivity contribution is -0.00645. The Morgan fingerprint density at radius 2 is 2.00 bits per heavy atom. The van der Waals surface area contributed by atoms with Crippen molar-refractivity contribution in [2.24, 2.45) is 5.92 Å². The number of nitrogens with one attached hydrogen (secondary N) is 1. The predicted octanol–water partition coefficient (Wildman–Crippen LogP) is 1.29. The molecule has 1 rings (SSSR count). The average Bonchev–Trinajstić information content (AvgIpc) is 2.18. The maximum atomic E-state index is 10.2. The summed E-state index contributed by atoms with van der Waals surface area (Å²) < 4.78 is 0. The topological polar surface area (TPSA) is 52.5 Å². The van der Waals surface area contributed by atoms with E-state index >= 15 is 0 Å². The minimum Gasteiger partial charge on any atom is -0.393 e. The van der Waals surface area contributed by atoms with E-state index in [1.165, 1.54) is 0 Å². The molecule has 1 unspecified atom stereocenters. The zero-order valence-corrected chi connectivity index (χ0v) is 10.00. The van der Waals surface area contributed by atoms with Crippen LogP contribution in [-0.2, 0) is 0 Å². The third-order valence-electron chi connectivity index (χ3n) is 3.40. The van der Waals surface area contributed by atoms with Crippen LogP contribution in [0.15, 0.2) is 0 Å². The molecule has 3 nitrogen and oxygen atoms in total. The molecule has 1 aliphatic carbocycles. The van der Waals surface area contributed by atoms with E-state index in [0.717, 1.165) is 44.6 Å². The summed E-state index contributed by atoms with van der Waals surface area (Å²) in [6, 6.07) is 0. The van der Waals surface area contributed by atoms with Crippen molar-refractivity contribution in [2.75, 3.05) is 13.1 Å². The first-order valence-electron chi connectivity index (χ1n) is 6.13. The predicted molar refractivity (Wildman–Crippen MR) is 61.7 cm³/mol. The van der Waals surface area contributed by atoms with Gasteiger partial charge in [0.2, 0.25) is 0 Å². The fourth-order valence-electron chi connectivity index (χ4n) is 2.11. The van der Waals surface area contributed by atoms with Gasteiger partial charge >= 0.3 is 0 Å². The molecule has 3 heteroatoms. The monoisotopic (exact) mass is 215 g/mol. The van der Waals surface area contributed by atoms with Gasteiger partial charge in [-0.2, -0.15) is 0 Å². The van der Waals surface area contributed by atoms with Gasteiger partial charge < -0.3 is 15.5 Å². The van der Waals surface area contributed by atoms with Gasteiger partial charge in [0.15, 0.2) is 0 Å². The Kier molecular flexibility index (Phi) is 5.03. The van der Waals surface area contributed by atoms with E-state index < -0.39 is 5.60 Å². The zero-order chi connectivity index (χ0) is 11.3. The summed E-state index contributed by atoms with van der Waals surface area (Å²) in [4.78, 5) is 0. The maximum absolute atomic E-state index is 10.2. The van der Waals surface area contributed by atoms with E-state index in [1.807, 2.05) is 0 Å². The van der Waals surface area contributed by atoms with Crippen LogP contribution in [0.5, 0.6) is 0 Å². The first-order chi connectivity index (χ1) is 7.02. The van der Waals surface area contributed by atoms with Crippen LogP contribution in [0.3, 0.4) is 0 Å². The molecular weight excluding hydrogens is 190 g/mol. The Labute approximate surface area is 92.9 Å². The van der Waals surface area contributed by atoms with Crippen molar-refractivity contribution in [1.82, 2.24) is 5.32 Å². The van der Waals surface area contributed by atoms with E-state index in [4.69, 9.17) is 5.11 Å². The highest BCUT2D eigenvalue weighted by Crippen LogP contribution is 2.31. The summed E-state index contributed by atoms with van der Waals surface area (Å²) in [5.41, 5.74) is -0.495. The highest BCUT2D eigenvalue weighted by atomic mass is 16.3. The van der Waals surface area contributed by atoms with Gasteiger partial charge in [0.25, 0.3) is 0 Å². The van der Waals surface area contributed by atoms with Crippen molar-refractivity contribution in [3.05, 3.63) is 0 Å². The van der Waals surface area contributed by atoms with E-state index in [0.29, 0.717) is 6.54 Å². The van der Waals surface area contributed by atoms with Crippen molar-refractivity contribution in [3.63, 3.8) is 0 Å². The fourth-order valence-corrected chi connectivity index (χ4v) is 2.11. The van der Waals surface area contributed by atoms with Crippen LogP contribution in [-0.4, -0.2) is 35.0 Å². The van der Waals surface area contributed by atoms with Gasteiger partial charge in [0.05, 0.1) is 11.7 Å². The molecule has 15 heavy (non-hydrogen) atoms. The normalized spacial score (nSPS) is 34.0. The van der Waals surface area contributed by atoms with Crippen molar-refractivity contribution < 1.29 is 10.2 Å². The summed E-state index contributed by atoms with van der Waals surface area (Å²) in [5, 5.41) is 22.5. The standard InChI is InChI=1S/C12H25NO2/c1-10-3-6-12(15,7-4-10)9-13-8-5-11(2)14/h10-11,13-15H,3-9H2,1-2H3. The van der Waals surface area contributed by atoms with E-state index in [-0.39, 0.29) is 6.10 Å². The SMILES string of the molecule is CC(O)CCNCC1(O)CCC(C)CC1.